The molecule has 0 aromatic heterocycles. The predicted molar refractivity (Wildman–Crippen MR) is 93.3 cm³/mol. The number of nitrogens with zero attached hydrogens (tertiary/aromatic N) is 1. The number of anilines is 1. The Balaban J connectivity index is 1.53. The van der Waals surface area contributed by atoms with Gasteiger partial charge < -0.3 is 20.5 Å². The Bertz CT molecular complexity index is 565. The maximum absolute atomic E-state index is 12.5. The second kappa shape index (κ2) is 7.85. The maximum atomic E-state index is 12.5. The van der Waals surface area contributed by atoms with E-state index in [4.69, 9.17) is 15.2 Å². The number of hydrogen-bond donors (Lipinski definition) is 2. The van der Waals surface area contributed by atoms with E-state index in [1.807, 2.05) is 0 Å². The molecule has 0 bridgehead atoms. The summed E-state index contributed by atoms with van der Waals surface area (Å²) in [5, 5.41) is 3.15. The monoisotopic (exact) mass is 333 g/mol. The largest absolute Gasteiger partial charge is 0.496 e. The number of benzene rings is 1. The molecule has 1 saturated carbocycles. The van der Waals surface area contributed by atoms with Crippen LogP contribution in [-0.4, -0.2) is 56.3 Å². The van der Waals surface area contributed by atoms with Crippen LogP contribution < -0.4 is 15.8 Å². The van der Waals surface area contributed by atoms with E-state index in [9.17, 15) is 4.79 Å². The summed E-state index contributed by atoms with van der Waals surface area (Å²) in [6.07, 6.45) is 4.30. The zero-order chi connectivity index (χ0) is 16.9. The number of carbonyl (C=O) groups excluding carboxylic acids is 1. The molecule has 24 heavy (non-hydrogen) atoms. The van der Waals surface area contributed by atoms with E-state index >= 15 is 0 Å². The summed E-state index contributed by atoms with van der Waals surface area (Å²) in [6.45, 7) is 3.75. The van der Waals surface area contributed by atoms with Crippen LogP contribution in [0.25, 0.3) is 0 Å². The number of hydrogen-bond acceptors (Lipinski definition) is 5. The molecular weight excluding hydrogens is 306 g/mol. The highest BCUT2D eigenvalue weighted by molar-refractivity contribution is 5.97. The lowest BCUT2D eigenvalue weighted by Crippen LogP contribution is -2.47. The third-order valence-corrected chi connectivity index (χ3v) is 5.06. The summed E-state index contributed by atoms with van der Waals surface area (Å²) in [7, 11) is 1.55. The van der Waals surface area contributed by atoms with E-state index in [1.165, 1.54) is 0 Å². The van der Waals surface area contributed by atoms with Crippen molar-refractivity contribution in [3.8, 4) is 5.75 Å². The molecule has 2 aliphatic rings. The minimum atomic E-state index is -0.0818. The van der Waals surface area contributed by atoms with Crippen LogP contribution in [0, 0.1) is 0 Å². The van der Waals surface area contributed by atoms with Crippen molar-refractivity contribution >= 4 is 11.6 Å². The van der Waals surface area contributed by atoms with Gasteiger partial charge in [-0.1, -0.05) is 0 Å². The van der Waals surface area contributed by atoms with Gasteiger partial charge >= 0.3 is 0 Å². The van der Waals surface area contributed by atoms with E-state index in [2.05, 4.69) is 10.2 Å². The van der Waals surface area contributed by atoms with Crippen molar-refractivity contribution in [3.05, 3.63) is 23.8 Å². The van der Waals surface area contributed by atoms with Crippen molar-refractivity contribution in [2.45, 2.75) is 37.8 Å². The van der Waals surface area contributed by atoms with Crippen LogP contribution in [0.15, 0.2) is 18.2 Å². The van der Waals surface area contributed by atoms with E-state index in [0.29, 0.717) is 23.0 Å². The van der Waals surface area contributed by atoms with Gasteiger partial charge in [0, 0.05) is 36.9 Å². The van der Waals surface area contributed by atoms with Gasteiger partial charge in [-0.2, -0.15) is 0 Å². The van der Waals surface area contributed by atoms with E-state index in [0.717, 1.165) is 52.0 Å². The molecule has 132 valence electrons. The maximum Gasteiger partial charge on any atom is 0.255 e. The van der Waals surface area contributed by atoms with Crippen LogP contribution >= 0.6 is 0 Å². The molecule has 2 fully saturated rings. The number of nitrogens with two attached hydrogens (primary N) is 1. The van der Waals surface area contributed by atoms with Crippen LogP contribution in [0.3, 0.4) is 0 Å². The molecule has 1 amide bonds. The van der Waals surface area contributed by atoms with Gasteiger partial charge in [-0.15, -0.1) is 0 Å². The third kappa shape index (κ3) is 3.99. The fraction of sp³-hybridized carbons (Fsp3) is 0.611. The summed E-state index contributed by atoms with van der Waals surface area (Å²) in [5.74, 6) is 0.441. The van der Waals surface area contributed by atoms with E-state index < -0.39 is 0 Å². The molecule has 3 rings (SSSR count). The Labute approximate surface area is 143 Å². The molecular formula is C18H27N3O3. The number of nitrogens with one attached hydrogen (secondary N) is 1. The molecule has 1 aliphatic carbocycles. The molecule has 6 nitrogen and oxygen atoms in total. The fourth-order valence-corrected chi connectivity index (χ4v) is 3.69. The Kier molecular flexibility index (Phi) is 5.58. The molecule has 3 N–H and O–H groups in total. The second-order valence-corrected chi connectivity index (χ2v) is 6.59. The Morgan fingerprint density at radius 2 is 1.96 bits per heavy atom. The molecule has 0 atom stereocenters. The first kappa shape index (κ1) is 17.0. The van der Waals surface area contributed by atoms with Crippen LogP contribution in [0.4, 0.5) is 5.69 Å². The zero-order valence-electron chi connectivity index (χ0n) is 14.3. The molecule has 6 heteroatoms. The zero-order valence-corrected chi connectivity index (χ0v) is 14.3. The lowest BCUT2D eigenvalue weighted by molar-refractivity contribution is 0.00664. The summed E-state index contributed by atoms with van der Waals surface area (Å²) < 4.78 is 10.7. The Hall–Kier alpha value is -1.79. The Morgan fingerprint density at radius 3 is 2.62 bits per heavy atom. The quantitative estimate of drug-likeness (QED) is 0.820. The minimum Gasteiger partial charge on any atom is -0.496 e. The van der Waals surface area contributed by atoms with Crippen LogP contribution in [0.1, 0.15) is 36.0 Å². The molecule has 1 aromatic rings. The average Bonchev–Trinajstić information content (AvgIpc) is 2.63. The third-order valence-electron chi connectivity index (χ3n) is 5.06. The SMILES string of the molecule is COc1cc(N)ccc1C(=O)NC1CCC(N2CCOCC2)CC1. The lowest BCUT2D eigenvalue weighted by atomic mass is 9.89. The van der Waals surface area contributed by atoms with E-state index in [-0.39, 0.29) is 11.9 Å². The standard InChI is InChI=1S/C18H27N3O3/c1-23-17-12-13(19)2-7-16(17)18(22)20-14-3-5-15(6-4-14)21-8-10-24-11-9-21/h2,7,12,14-15H,3-6,8-11,19H2,1H3,(H,20,22). The van der Waals surface area contributed by atoms with Gasteiger partial charge in [0.1, 0.15) is 5.75 Å². The summed E-state index contributed by atoms with van der Waals surface area (Å²) in [6, 6.07) is 6.00. The van der Waals surface area contributed by atoms with Gasteiger partial charge in [-0.3, -0.25) is 9.69 Å². The van der Waals surface area contributed by atoms with Gasteiger partial charge in [0.2, 0.25) is 0 Å². The fourth-order valence-electron chi connectivity index (χ4n) is 3.69. The topological polar surface area (TPSA) is 76.8 Å². The number of rotatable bonds is 4. The van der Waals surface area contributed by atoms with Crippen LogP contribution in [0.2, 0.25) is 0 Å². The highest BCUT2D eigenvalue weighted by Crippen LogP contribution is 2.26. The summed E-state index contributed by atoms with van der Waals surface area (Å²) in [4.78, 5) is 15.1. The molecule has 0 radical (unpaired) electrons. The number of ether oxygens (including phenoxy) is 2. The number of methoxy groups -OCH3 is 1. The normalized spacial score (nSPS) is 25.2. The van der Waals surface area contributed by atoms with Crippen molar-refractivity contribution in [1.29, 1.82) is 0 Å². The minimum absolute atomic E-state index is 0.0818. The summed E-state index contributed by atoms with van der Waals surface area (Å²) >= 11 is 0. The van der Waals surface area contributed by atoms with Crippen molar-refractivity contribution in [2.75, 3.05) is 39.1 Å². The molecule has 1 saturated heterocycles. The van der Waals surface area contributed by atoms with Gasteiger partial charge in [0.15, 0.2) is 0 Å². The molecule has 0 spiro atoms. The average molecular weight is 333 g/mol. The number of morpholine rings is 1. The van der Waals surface area contributed by atoms with Crippen molar-refractivity contribution in [2.24, 2.45) is 0 Å². The highest BCUT2D eigenvalue weighted by Gasteiger charge is 2.28. The predicted octanol–water partition coefficient (Wildman–Crippen LogP) is 1.65. The summed E-state index contributed by atoms with van der Waals surface area (Å²) in [5.41, 5.74) is 6.88. The number of carbonyl (C=O) groups is 1. The molecule has 1 aromatic carbocycles. The van der Waals surface area contributed by atoms with Crippen molar-refractivity contribution in [1.82, 2.24) is 10.2 Å². The first-order valence-electron chi connectivity index (χ1n) is 8.73. The Morgan fingerprint density at radius 1 is 1.25 bits per heavy atom. The molecule has 0 unspecified atom stereocenters. The first-order chi connectivity index (χ1) is 11.7. The van der Waals surface area contributed by atoms with Gasteiger partial charge in [0.25, 0.3) is 5.91 Å². The lowest BCUT2D eigenvalue weighted by Gasteiger charge is -2.38. The van der Waals surface area contributed by atoms with Gasteiger partial charge in [0.05, 0.1) is 25.9 Å². The van der Waals surface area contributed by atoms with Crippen LogP contribution in [0.5, 0.6) is 5.75 Å². The number of nitrogen functional groups attached to an aromatic ring is 1. The first-order valence-corrected chi connectivity index (χ1v) is 8.73. The van der Waals surface area contributed by atoms with E-state index in [1.54, 1.807) is 25.3 Å². The molecule has 1 aliphatic heterocycles. The van der Waals surface area contributed by atoms with Gasteiger partial charge in [-0.25, -0.2) is 0 Å². The van der Waals surface area contributed by atoms with Crippen molar-refractivity contribution in [3.63, 3.8) is 0 Å². The van der Waals surface area contributed by atoms with Crippen LogP contribution in [-0.2, 0) is 4.74 Å². The van der Waals surface area contributed by atoms with Crippen molar-refractivity contribution < 1.29 is 14.3 Å². The smallest absolute Gasteiger partial charge is 0.255 e. The van der Waals surface area contributed by atoms with Gasteiger partial charge in [-0.05, 0) is 37.8 Å². The highest BCUT2D eigenvalue weighted by atomic mass is 16.5. The second-order valence-electron chi connectivity index (χ2n) is 6.59. The number of amides is 1. The molecule has 1 heterocycles.